The summed E-state index contributed by atoms with van der Waals surface area (Å²) in [6, 6.07) is 8.41. The summed E-state index contributed by atoms with van der Waals surface area (Å²) in [7, 11) is 2.07. The van der Waals surface area contributed by atoms with E-state index in [-0.39, 0.29) is 24.0 Å². The normalized spacial score (nSPS) is 14.3. The van der Waals surface area contributed by atoms with Gasteiger partial charge in [0.1, 0.15) is 0 Å². The van der Waals surface area contributed by atoms with Crippen LogP contribution in [-0.2, 0) is 11.3 Å². The second-order valence-electron chi connectivity index (χ2n) is 6.04. The highest BCUT2D eigenvalue weighted by Gasteiger charge is 2.21. The lowest BCUT2D eigenvalue weighted by Crippen LogP contribution is -2.40. The third-order valence-corrected chi connectivity index (χ3v) is 3.98. The minimum atomic E-state index is 0. The summed E-state index contributed by atoms with van der Waals surface area (Å²) in [6.45, 7) is 8.37. The average Bonchev–Trinajstić information content (AvgIpc) is 3.33. The topological polar surface area (TPSA) is 36.9 Å². The van der Waals surface area contributed by atoms with Crippen molar-refractivity contribution >= 4 is 29.9 Å². The van der Waals surface area contributed by atoms with E-state index < -0.39 is 0 Å². The van der Waals surface area contributed by atoms with E-state index in [0.717, 1.165) is 38.2 Å². The second-order valence-corrected chi connectivity index (χ2v) is 6.04. The van der Waals surface area contributed by atoms with Gasteiger partial charge < -0.3 is 15.0 Å². The molecule has 0 atom stereocenters. The summed E-state index contributed by atoms with van der Waals surface area (Å²) in [5.41, 5.74) is 2.56. The highest BCUT2D eigenvalue weighted by Crippen LogP contribution is 2.28. The number of hydrogen-bond acceptors (Lipinski definition) is 2. The number of aryl methyl sites for hydroxylation is 1. The Kier molecular flexibility index (Phi) is 9.55. The predicted molar refractivity (Wildman–Crippen MR) is 108 cm³/mol. The molecule has 1 aliphatic rings. The summed E-state index contributed by atoms with van der Waals surface area (Å²) in [5.74, 6) is 1.77. The average molecular weight is 431 g/mol. The molecule has 5 heteroatoms. The van der Waals surface area contributed by atoms with Crippen molar-refractivity contribution in [2.24, 2.45) is 10.9 Å². The van der Waals surface area contributed by atoms with Crippen molar-refractivity contribution in [1.82, 2.24) is 10.2 Å². The zero-order chi connectivity index (χ0) is 15.8. The van der Waals surface area contributed by atoms with Crippen LogP contribution in [0.5, 0.6) is 0 Å². The highest BCUT2D eigenvalue weighted by molar-refractivity contribution is 14.0. The van der Waals surface area contributed by atoms with Crippen molar-refractivity contribution in [3.05, 3.63) is 35.4 Å². The molecule has 1 N–H and O–H groups in total. The lowest BCUT2D eigenvalue weighted by Gasteiger charge is -2.22. The first-order chi connectivity index (χ1) is 10.7. The molecule has 4 nitrogen and oxygen atoms in total. The number of guanidine groups is 1. The SMILES string of the molecule is CCNC(=NCc1ccccc1C)N(C)CCOCC1CC1.I. The summed E-state index contributed by atoms with van der Waals surface area (Å²) in [6.07, 6.45) is 2.69. The third-order valence-electron chi connectivity index (χ3n) is 3.98. The van der Waals surface area contributed by atoms with Crippen LogP contribution in [0.1, 0.15) is 30.9 Å². The summed E-state index contributed by atoms with van der Waals surface area (Å²) < 4.78 is 5.71. The molecule has 1 aromatic rings. The van der Waals surface area contributed by atoms with Crippen molar-refractivity contribution in [1.29, 1.82) is 0 Å². The molecule has 1 aliphatic carbocycles. The maximum Gasteiger partial charge on any atom is 0.194 e. The van der Waals surface area contributed by atoms with Gasteiger partial charge in [-0.1, -0.05) is 24.3 Å². The van der Waals surface area contributed by atoms with Crippen molar-refractivity contribution in [3.8, 4) is 0 Å². The maximum absolute atomic E-state index is 5.71. The molecule has 0 heterocycles. The summed E-state index contributed by atoms with van der Waals surface area (Å²) in [5, 5.41) is 3.35. The van der Waals surface area contributed by atoms with Gasteiger partial charge in [0, 0.05) is 26.7 Å². The molecule has 23 heavy (non-hydrogen) atoms. The van der Waals surface area contributed by atoms with E-state index in [1.54, 1.807) is 0 Å². The zero-order valence-corrected chi connectivity index (χ0v) is 16.9. The Morgan fingerprint density at radius 1 is 1.35 bits per heavy atom. The number of nitrogens with zero attached hydrogens (tertiary/aromatic N) is 2. The van der Waals surface area contributed by atoms with E-state index >= 15 is 0 Å². The minimum absolute atomic E-state index is 0. The van der Waals surface area contributed by atoms with Gasteiger partial charge in [0.25, 0.3) is 0 Å². The Labute approximate surface area is 157 Å². The quantitative estimate of drug-likeness (QED) is 0.297. The second kappa shape index (κ2) is 10.9. The summed E-state index contributed by atoms with van der Waals surface area (Å²) in [4.78, 5) is 6.89. The molecule has 2 rings (SSSR count). The number of ether oxygens (including phenoxy) is 1. The number of hydrogen-bond donors (Lipinski definition) is 1. The first-order valence-electron chi connectivity index (χ1n) is 8.32. The lowest BCUT2D eigenvalue weighted by atomic mass is 10.1. The molecule has 0 unspecified atom stereocenters. The van der Waals surface area contributed by atoms with E-state index in [2.05, 4.69) is 55.4 Å². The van der Waals surface area contributed by atoms with Crippen LogP contribution < -0.4 is 5.32 Å². The van der Waals surface area contributed by atoms with Crippen LogP contribution in [0.25, 0.3) is 0 Å². The number of nitrogens with one attached hydrogen (secondary N) is 1. The molecule has 0 amide bonds. The van der Waals surface area contributed by atoms with E-state index in [0.29, 0.717) is 6.54 Å². The van der Waals surface area contributed by atoms with E-state index in [1.807, 2.05) is 0 Å². The van der Waals surface area contributed by atoms with Crippen molar-refractivity contribution < 1.29 is 4.74 Å². The van der Waals surface area contributed by atoms with E-state index in [4.69, 9.17) is 9.73 Å². The van der Waals surface area contributed by atoms with Crippen LogP contribution in [0.2, 0.25) is 0 Å². The molecular formula is C18H30IN3O. The fourth-order valence-electron chi connectivity index (χ4n) is 2.26. The van der Waals surface area contributed by atoms with Crippen LogP contribution in [0.15, 0.2) is 29.3 Å². The number of aliphatic imine (C=N–C) groups is 1. The van der Waals surface area contributed by atoms with Crippen LogP contribution >= 0.6 is 24.0 Å². The van der Waals surface area contributed by atoms with E-state index in [9.17, 15) is 0 Å². The molecule has 1 aromatic carbocycles. The molecule has 0 saturated heterocycles. The number of benzene rings is 1. The van der Waals surface area contributed by atoms with Gasteiger partial charge >= 0.3 is 0 Å². The van der Waals surface area contributed by atoms with Crippen LogP contribution in [0.4, 0.5) is 0 Å². The Bertz CT molecular complexity index is 489. The molecule has 0 spiro atoms. The first kappa shape index (κ1) is 20.2. The Hall–Kier alpha value is -0.820. The van der Waals surface area contributed by atoms with Gasteiger partial charge in [-0.25, -0.2) is 4.99 Å². The highest BCUT2D eigenvalue weighted by atomic mass is 127. The molecule has 1 saturated carbocycles. The zero-order valence-electron chi connectivity index (χ0n) is 14.5. The van der Waals surface area contributed by atoms with Gasteiger partial charge in [0.2, 0.25) is 0 Å². The van der Waals surface area contributed by atoms with Crippen LogP contribution in [-0.4, -0.2) is 44.2 Å². The molecule has 0 radical (unpaired) electrons. The maximum atomic E-state index is 5.71. The lowest BCUT2D eigenvalue weighted by molar-refractivity contribution is 0.115. The van der Waals surface area contributed by atoms with E-state index in [1.165, 1.54) is 24.0 Å². The van der Waals surface area contributed by atoms with Crippen molar-refractivity contribution in [3.63, 3.8) is 0 Å². The Balaban J connectivity index is 0.00000264. The smallest absolute Gasteiger partial charge is 0.194 e. The minimum Gasteiger partial charge on any atom is -0.379 e. The number of halogens is 1. The monoisotopic (exact) mass is 431 g/mol. The molecule has 0 aliphatic heterocycles. The van der Waals surface area contributed by atoms with Gasteiger partial charge in [-0.05, 0) is 43.7 Å². The molecule has 130 valence electrons. The van der Waals surface area contributed by atoms with Crippen LogP contribution in [0.3, 0.4) is 0 Å². The number of rotatable bonds is 8. The molecular weight excluding hydrogens is 401 g/mol. The van der Waals surface area contributed by atoms with Gasteiger partial charge in [-0.2, -0.15) is 0 Å². The third kappa shape index (κ3) is 7.52. The first-order valence-corrected chi connectivity index (χ1v) is 8.32. The molecule has 0 aromatic heterocycles. The fraction of sp³-hybridized carbons (Fsp3) is 0.611. The Morgan fingerprint density at radius 2 is 2.09 bits per heavy atom. The summed E-state index contributed by atoms with van der Waals surface area (Å²) >= 11 is 0. The Morgan fingerprint density at radius 3 is 2.74 bits per heavy atom. The predicted octanol–water partition coefficient (Wildman–Crippen LogP) is 3.44. The van der Waals surface area contributed by atoms with Gasteiger partial charge in [0.05, 0.1) is 13.2 Å². The van der Waals surface area contributed by atoms with Crippen LogP contribution in [0, 0.1) is 12.8 Å². The van der Waals surface area contributed by atoms with Crippen molar-refractivity contribution in [2.75, 3.05) is 33.4 Å². The fourth-order valence-corrected chi connectivity index (χ4v) is 2.26. The van der Waals surface area contributed by atoms with Crippen molar-refractivity contribution in [2.45, 2.75) is 33.2 Å². The molecule has 1 fully saturated rings. The van der Waals surface area contributed by atoms with Gasteiger partial charge in [-0.3, -0.25) is 0 Å². The van der Waals surface area contributed by atoms with Gasteiger partial charge in [0.15, 0.2) is 5.96 Å². The largest absolute Gasteiger partial charge is 0.379 e. The van der Waals surface area contributed by atoms with Gasteiger partial charge in [-0.15, -0.1) is 24.0 Å². The standard InChI is InChI=1S/C18H29N3O.HI/c1-4-19-18(20-13-17-8-6-5-7-15(17)2)21(3)11-12-22-14-16-9-10-16;/h5-8,16H,4,9-14H2,1-3H3,(H,19,20);1H. The molecule has 0 bridgehead atoms. The number of likely N-dealkylation sites (N-methyl/N-ethyl adjacent to an activating group) is 1.